The third-order valence-electron chi connectivity index (χ3n) is 2.49. The van der Waals surface area contributed by atoms with E-state index in [2.05, 4.69) is 11.2 Å². The number of hydrogen-bond donors (Lipinski definition) is 1. The molecular formula is C16H21NO4. The lowest BCUT2D eigenvalue weighted by Crippen LogP contribution is -2.28. The largest absolute Gasteiger partial charge is 0.445 e. The molecule has 0 bridgehead atoms. The molecule has 1 aromatic rings. The SMILES string of the molecule is C#CCCOCCOCCNC(=O)OCc1ccccc1. The summed E-state index contributed by atoms with van der Waals surface area (Å²) in [5.41, 5.74) is 0.952. The van der Waals surface area contributed by atoms with Crippen LogP contribution in [0.5, 0.6) is 0 Å². The van der Waals surface area contributed by atoms with Gasteiger partial charge in [0, 0.05) is 13.0 Å². The van der Waals surface area contributed by atoms with Gasteiger partial charge in [0.15, 0.2) is 0 Å². The smallest absolute Gasteiger partial charge is 0.407 e. The maximum Gasteiger partial charge on any atom is 0.407 e. The average molecular weight is 291 g/mol. The van der Waals surface area contributed by atoms with Crippen molar-refractivity contribution in [1.82, 2.24) is 5.32 Å². The monoisotopic (exact) mass is 291 g/mol. The fourth-order valence-corrected chi connectivity index (χ4v) is 1.45. The number of amides is 1. The summed E-state index contributed by atoms with van der Waals surface area (Å²) in [5.74, 6) is 2.49. The van der Waals surface area contributed by atoms with Crippen LogP contribution in [0, 0.1) is 12.3 Å². The minimum Gasteiger partial charge on any atom is -0.445 e. The summed E-state index contributed by atoms with van der Waals surface area (Å²) in [4.78, 5) is 11.4. The van der Waals surface area contributed by atoms with Crippen LogP contribution in [-0.2, 0) is 20.8 Å². The standard InChI is InChI=1S/C16H21NO4/c1-2-3-10-19-12-13-20-11-9-17-16(18)21-14-15-7-5-4-6-8-15/h1,4-8H,3,9-14H2,(H,17,18). The minimum absolute atomic E-state index is 0.260. The van der Waals surface area contributed by atoms with Gasteiger partial charge in [-0.15, -0.1) is 12.3 Å². The molecule has 0 radical (unpaired) electrons. The third kappa shape index (κ3) is 9.50. The molecular weight excluding hydrogens is 270 g/mol. The second-order valence-corrected chi connectivity index (χ2v) is 4.17. The van der Waals surface area contributed by atoms with Crippen LogP contribution in [0.15, 0.2) is 30.3 Å². The van der Waals surface area contributed by atoms with Crippen molar-refractivity contribution < 1.29 is 19.0 Å². The first-order chi connectivity index (χ1) is 10.3. The molecule has 0 aliphatic carbocycles. The highest BCUT2D eigenvalue weighted by Gasteiger charge is 2.01. The summed E-state index contributed by atoms with van der Waals surface area (Å²) < 4.78 is 15.5. The summed E-state index contributed by atoms with van der Waals surface area (Å²) in [6.45, 7) is 2.60. The number of hydrogen-bond acceptors (Lipinski definition) is 4. The lowest BCUT2D eigenvalue weighted by molar-refractivity contribution is 0.0503. The van der Waals surface area contributed by atoms with E-state index in [1.165, 1.54) is 0 Å². The van der Waals surface area contributed by atoms with Crippen molar-refractivity contribution >= 4 is 6.09 Å². The number of rotatable bonds is 10. The lowest BCUT2D eigenvalue weighted by Gasteiger charge is -2.08. The molecule has 21 heavy (non-hydrogen) atoms. The Bertz CT molecular complexity index is 428. The Morgan fingerprint density at radius 1 is 1.10 bits per heavy atom. The van der Waals surface area contributed by atoms with E-state index in [0.29, 0.717) is 39.4 Å². The van der Waals surface area contributed by atoms with E-state index in [1.54, 1.807) is 0 Å². The normalized spacial score (nSPS) is 9.86. The van der Waals surface area contributed by atoms with E-state index in [9.17, 15) is 4.79 Å². The Balaban J connectivity index is 1.91. The van der Waals surface area contributed by atoms with Crippen LogP contribution >= 0.6 is 0 Å². The zero-order chi connectivity index (χ0) is 15.2. The van der Waals surface area contributed by atoms with Crippen molar-refractivity contribution in [1.29, 1.82) is 0 Å². The van der Waals surface area contributed by atoms with Crippen molar-refractivity contribution in [3.63, 3.8) is 0 Å². The summed E-state index contributed by atoms with van der Waals surface area (Å²) in [6.07, 6.45) is 5.24. The molecule has 114 valence electrons. The zero-order valence-electron chi connectivity index (χ0n) is 12.0. The minimum atomic E-state index is -0.451. The van der Waals surface area contributed by atoms with Gasteiger partial charge in [-0.2, -0.15) is 0 Å². The van der Waals surface area contributed by atoms with Gasteiger partial charge in [0.25, 0.3) is 0 Å². The number of carbonyl (C=O) groups is 1. The Kier molecular flexibility index (Phi) is 9.54. The van der Waals surface area contributed by atoms with Gasteiger partial charge >= 0.3 is 6.09 Å². The Morgan fingerprint density at radius 3 is 2.52 bits per heavy atom. The number of carbonyl (C=O) groups excluding carboxylic acids is 1. The van der Waals surface area contributed by atoms with Gasteiger partial charge in [-0.25, -0.2) is 4.79 Å². The quantitative estimate of drug-likeness (QED) is 0.529. The Labute approximate surface area is 125 Å². The van der Waals surface area contributed by atoms with Gasteiger partial charge in [-0.1, -0.05) is 30.3 Å². The number of nitrogens with one attached hydrogen (secondary N) is 1. The van der Waals surface area contributed by atoms with Gasteiger partial charge in [0.2, 0.25) is 0 Å². The first-order valence-corrected chi connectivity index (χ1v) is 6.86. The van der Waals surface area contributed by atoms with Crippen LogP contribution < -0.4 is 5.32 Å². The Morgan fingerprint density at radius 2 is 1.81 bits per heavy atom. The highest BCUT2D eigenvalue weighted by molar-refractivity contribution is 5.67. The van der Waals surface area contributed by atoms with E-state index in [0.717, 1.165) is 5.56 Å². The third-order valence-corrected chi connectivity index (χ3v) is 2.49. The molecule has 0 heterocycles. The Hall–Kier alpha value is -2.03. The van der Waals surface area contributed by atoms with E-state index >= 15 is 0 Å². The maximum atomic E-state index is 11.4. The summed E-state index contributed by atoms with van der Waals surface area (Å²) >= 11 is 0. The van der Waals surface area contributed by atoms with Crippen molar-refractivity contribution in [2.45, 2.75) is 13.0 Å². The van der Waals surface area contributed by atoms with Crippen molar-refractivity contribution in [3.05, 3.63) is 35.9 Å². The van der Waals surface area contributed by atoms with Gasteiger partial charge < -0.3 is 19.5 Å². The van der Waals surface area contributed by atoms with Crippen LogP contribution in [0.3, 0.4) is 0 Å². The summed E-state index contributed by atoms with van der Waals surface area (Å²) in [6, 6.07) is 9.51. The second kappa shape index (κ2) is 11.8. The van der Waals surface area contributed by atoms with Crippen LogP contribution in [0.4, 0.5) is 4.79 Å². The molecule has 0 aromatic heterocycles. The molecule has 0 aliphatic heterocycles. The molecule has 1 aromatic carbocycles. The first-order valence-electron chi connectivity index (χ1n) is 6.86. The molecule has 1 amide bonds. The van der Waals surface area contributed by atoms with E-state index in [-0.39, 0.29) is 6.61 Å². The molecule has 5 nitrogen and oxygen atoms in total. The molecule has 0 saturated heterocycles. The maximum absolute atomic E-state index is 11.4. The first kappa shape index (κ1) is 17.0. The molecule has 0 saturated carbocycles. The van der Waals surface area contributed by atoms with Crippen LogP contribution in [0.1, 0.15) is 12.0 Å². The van der Waals surface area contributed by atoms with Crippen LogP contribution in [-0.4, -0.2) is 39.1 Å². The van der Waals surface area contributed by atoms with E-state index in [4.69, 9.17) is 20.6 Å². The molecule has 0 unspecified atom stereocenters. The number of ether oxygens (including phenoxy) is 3. The molecule has 0 atom stereocenters. The second-order valence-electron chi connectivity index (χ2n) is 4.17. The van der Waals surface area contributed by atoms with Crippen molar-refractivity contribution in [2.75, 3.05) is 33.0 Å². The average Bonchev–Trinajstić information content (AvgIpc) is 2.52. The summed E-state index contributed by atoms with van der Waals surface area (Å²) in [5, 5.41) is 2.61. The topological polar surface area (TPSA) is 56.8 Å². The number of benzene rings is 1. The molecule has 0 fully saturated rings. The predicted octanol–water partition coefficient (Wildman–Crippen LogP) is 1.97. The molecule has 0 spiro atoms. The highest BCUT2D eigenvalue weighted by Crippen LogP contribution is 2.00. The fraction of sp³-hybridized carbons (Fsp3) is 0.438. The molecule has 0 aliphatic rings. The van der Waals surface area contributed by atoms with Gasteiger partial charge in [0.1, 0.15) is 6.61 Å². The number of terminal acetylenes is 1. The fourth-order valence-electron chi connectivity index (χ4n) is 1.45. The van der Waals surface area contributed by atoms with Gasteiger partial charge in [0.05, 0.1) is 26.4 Å². The van der Waals surface area contributed by atoms with Gasteiger partial charge in [-0.3, -0.25) is 0 Å². The zero-order valence-corrected chi connectivity index (χ0v) is 12.0. The molecule has 5 heteroatoms. The highest BCUT2D eigenvalue weighted by atomic mass is 16.5. The van der Waals surface area contributed by atoms with E-state index < -0.39 is 6.09 Å². The number of alkyl carbamates (subject to hydrolysis) is 1. The van der Waals surface area contributed by atoms with Crippen molar-refractivity contribution in [2.24, 2.45) is 0 Å². The van der Waals surface area contributed by atoms with Gasteiger partial charge in [-0.05, 0) is 5.56 Å². The van der Waals surface area contributed by atoms with E-state index in [1.807, 2.05) is 30.3 Å². The lowest BCUT2D eigenvalue weighted by atomic mass is 10.2. The molecule has 1 N–H and O–H groups in total. The van der Waals surface area contributed by atoms with Crippen molar-refractivity contribution in [3.8, 4) is 12.3 Å². The van der Waals surface area contributed by atoms with Crippen LogP contribution in [0.2, 0.25) is 0 Å². The predicted molar refractivity (Wildman–Crippen MR) is 79.7 cm³/mol. The molecule has 1 rings (SSSR count). The summed E-state index contributed by atoms with van der Waals surface area (Å²) in [7, 11) is 0. The van der Waals surface area contributed by atoms with Crippen LogP contribution in [0.25, 0.3) is 0 Å².